The summed E-state index contributed by atoms with van der Waals surface area (Å²) in [7, 11) is 0. The van der Waals surface area contributed by atoms with Gasteiger partial charge in [0.1, 0.15) is 11.6 Å². The highest BCUT2D eigenvalue weighted by Crippen LogP contribution is 2.33. The number of thiazole rings is 1. The number of carbonyl (C=O) groups is 1. The average Bonchev–Trinajstić information content (AvgIpc) is 3.06. The molecule has 0 radical (unpaired) electrons. The first-order chi connectivity index (χ1) is 15.7. The zero-order valence-corrected chi connectivity index (χ0v) is 20.6. The third kappa shape index (κ3) is 4.40. The number of phenolic OH excluding ortho intramolecular Hbond substituents is 1. The lowest BCUT2D eigenvalue weighted by atomic mass is 9.96. The summed E-state index contributed by atoms with van der Waals surface area (Å²) in [6.07, 6.45) is 1.51. The number of phenols is 1. The highest BCUT2D eigenvalue weighted by atomic mass is 79.9. The van der Waals surface area contributed by atoms with Crippen LogP contribution in [0.5, 0.6) is 5.75 Å². The zero-order chi connectivity index (χ0) is 23.9. The summed E-state index contributed by atoms with van der Waals surface area (Å²) in [6, 6.07) is 7.81. The fourth-order valence-corrected chi connectivity index (χ4v) is 5.46. The van der Waals surface area contributed by atoms with Crippen molar-refractivity contribution in [3.05, 3.63) is 93.8 Å². The number of halogens is 3. The minimum atomic E-state index is -0.845. The Morgan fingerprint density at radius 3 is 2.73 bits per heavy atom. The quantitative estimate of drug-likeness (QED) is 0.496. The fourth-order valence-electron chi connectivity index (χ4n) is 3.59. The minimum absolute atomic E-state index is 0.0660. The Labute approximate surface area is 205 Å². The lowest BCUT2D eigenvalue weighted by molar-refractivity contribution is -0.139. The van der Waals surface area contributed by atoms with E-state index in [-0.39, 0.29) is 22.5 Å². The van der Waals surface area contributed by atoms with E-state index in [1.165, 1.54) is 41.0 Å². The van der Waals surface area contributed by atoms with Gasteiger partial charge in [-0.1, -0.05) is 35.1 Å². The molecular formula is C23H17BrClFN2O4S. The molecule has 3 aromatic rings. The Morgan fingerprint density at radius 1 is 1.36 bits per heavy atom. The van der Waals surface area contributed by atoms with E-state index in [2.05, 4.69) is 20.9 Å². The predicted molar refractivity (Wildman–Crippen MR) is 128 cm³/mol. The van der Waals surface area contributed by atoms with Crippen LogP contribution >= 0.6 is 38.9 Å². The molecule has 0 bridgehead atoms. The molecule has 1 aliphatic rings. The topological polar surface area (TPSA) is 80.9 Å². The SMILES string of the molecule is CCOC(=O)C1=C(C)N=c2s/c(=C\c3cc(Cl)cc(Br)c3O)c(=O)n2[C@@H]1c1ccc(F)cc1. The van der Waals surface area contributed by atoms with E-state index in [1.54, 1.807) is 19.9 Å². The lowest BCUT2D eigenvalue weighted by Gasteiger charge is -2.24. The molecule has 0 unspecified atom stereocenters. The third-order valence-electron chi connectivity index (χ3n) is 5.05. The maximum absolute atomic E-state index is 13.6. The molecule has 33 heavy (non-hydrogen) atoms. The summed E-state index contributed by atoms with van der Waals surface area (Å²) in [5.74, 6) is -1.10. The monoisotopic (exact) mass is 550 g/mol. The van der Waals surface area contributed by atoms with E-state index in [9.17, 15) is 19.1 Å². The molecule has 0 aliphatic carbocycles. The van der Waals surface area contributed by atoms with Crippen molar-refractivity contribution < 1.29 is 19.0 Å². The van der Waals surface area contributed by atoms with Crippen LogP contribution in [0.15, 0.2) is 61.9 Å². The van der Waals surface area contributed by atoms with Crippen LogP contribution in [-0.4, -0.2) is 22.2 Å². The van der Waals surface area contributed by atoms with Crippen molar-refractivity contribution in [3.63, 3.8) is 0 Å². The molecule has 0 spiro atoms. The molecule has 0 fully saturated rings. The number of ether oxygens (including phenoxy) is 1. The molecule has 1 aliphatic heterocycles. The molecule has 4 rings (SSSR count). The van der Waals surface area contributed by atoms with Crippen molar-refractivity contribution in [2.24, 2.45) is 4.99 Å². The number of hydrogen-bond acceptors (Lipinski definition) is 6. The third-order valence-corrected chi connectivity index (χ3v) is 6.85. The van der Waals surface area contributed by atoms with Gasteiger partial charge in [0.15, 0.2) is 4.80 Å². The number of allylic oxidation sites excluding steroid dienone is 1. The molecule has 10 heteroatoms. The normalized spacial score (nSPS) is 15.9. The summed E-state index contributed by atoms with van der Waals surface area (Å²) in [5.41, 5.74) is 1.08. The second kappa shape index (κ2) is 9.24. The van der Waals surface area contributed by atoms with E-state index >= 15 is 0 Å². The molecule has 2 heterocycles. The number of carbonyl (C=O) groups excluding carboxylic acids is 1. The molecule has 6 nitrogen and oxygen atoms in total. The van der Waals surface area contributed by atoms with Gasteiger partial charge in [-0.15, -0.1) is 0 Å². The first-order valence-electron chi connectivity index (χ1n) is 9.84. The van der Waals surface area contributed by atoms with E-state index in [4.69, 9.17) is 16.3 Å². The molecule has 1 aromatic heterocycles. The van der Waals surface area contributed by atoms with Crippen molar-refractivity contribution in [3.8, 4) is 5.75 Å². The zero-order valence-electron chi connectivity index (χ0n) is 17.4. The summed E-state index contributed by atoms with van der Waals surface area (Å²) >= 11 is 10.4. The van der Waals surface area contributed by atoms with Crippen LogP contribution in [-0.2, 0) is 9.53 Å². The molecular weight excluding hydrogens is 535 g/mol. The maximum Gasteiger partial charge on any atom is 0.338 e. The van der Waals surface area contributed by atoms with Gasteiger partial charge in [0.25, 0.3) is 5.56 Å². The smallest absolute Gasteiger partial charge is 0.338 e. The Kier molecular flexibility index (Phi) is 6.56. The van der Waals surface area contributed by atoms with Gasteiger partial charge in [0, 0.05) is 10.6 Å². The van der Waals surface area contributed by atoms with E-state index in [0.29, 0.717) is 31.1 Å². The Hall–Kier alpha value is -2.75. The van der Waals surface area contributed by atoms with Crippen molar-refractivity contribution >= 4 is 50.9 Å². The van der Waals surface area contributed by atoms with Gasteiger partial charge < -0.3 is 9.84 Å². The van der Waals surface area contributed by atoms with Crippen LogP contribution in [0.3, 0.4) is 0 Å². The van der Waals surface area contributed by atoms with Crippen LogP contribution in [0.1, 0.15) is 31.0 Å². The van der Waals surface area contributed by atoms with Crippen LogP contribution in [0.4, 0.5) is 4.39 Å². The molecule has 0 amide bonds. The van der Waals surface area contributed by atoms with E-state index in [1.807, 2.05) is 0 Å². The molecule has 0 saturated heterocycles. The van der Waals surface area contributed by atoms with Gasteiger partial charge in [0.05, 0.1) is 32.9 Å². The first kappa shape index (κ1) is 23.4. The number of rotatable bonds is 4. The Bertz CT molecular complexity index is 1480. The Morgan fingerprint density at radius 2 is 2.06 bits per heavy atom. The number of esters is 1. The molecule has 1 N–H and O–H groups in total. The summed E-state index contributed by atoms with van der Waals surface area (Å²) in [5, 5.41) is 10.8. The van der Waals surface area contributed by atoms with Gasteiger partial charge in [-0.3, -0.25) is 9.36 Å². The summed E-state index contributed by atoms with van der Waals surface area (Å²) in [4.78, 5) is 31.1. The predicted octanol–water partition coefficient (Wildman–Crippen LogP) is 4.06. The van der Waals surface area contributed by atoms with Gasteiger partial charge in [-0.2, -0.15) is 0 Å². The van der Waals surface area contributed by atoms with Crippen molar-refractivity contribution in [1.29, 1.82) is 0 Å². The number of hydrogen-bond donors (Lipinski definition) is 1. The van der Waals surface area contributed by atoms with Crippen molar-refractivity contribution in [2.75, 3.05) is 6.61 Å². The highest BCUT2D eigenvalue weighted by molar-refractivity contribution is 9.10. The number of benzene rings is 2. The van der Waals surface area contributed by atoms with Gasteiger partial charge >= 0.3 is 5.97 Å². The van der Waals surface area contributed by atoms with Gasteiger partial charge in [-0.25, -0.2) is 14.2 Å². The summed E-state index contributed by atoms with van der Waals surface area (Å²) in [6.45, 7) is 3.50. The highest BCUT2D eigenvalue weighted by Gasteiger charge is 2.33. The molecule has 2 aromatic carbocycles. The van der Waals surface area contributed by atoms with Crippen LogP contribution < -0.4 is 14.9 Å². The van der Waals surface area contributed by atoms with Crippen molar-refractivity contribution in [1.82, 2.24) is 4.57 Å². The number of nitrogens with zero attached hydrogens (tertiary/aromatic N) is 2. The second-order valence-corrected chi connectivity index (χ2v) is 9.48. The average molecular weight is 552 g/mol. The molecule has 170 valence electrons. The van der Waals surface area contributed by atoms with E-state index < -0.39 is 23.4 Å². The van der Waals surface area contributed by atoms with E-state index in [0.717, 1.165) is 11.3 Å². The number of fused-ring (bicyclic) bond motifs is 1. The maximum atomic E-state index is 13.6. The van der Waals surface area contributed by atoms with Crippen LogP contribution in [0.2, 0.25) is 5.02 Å². The van der Waals surface area contributed by atoms with Gasteiger partial charge in [0.2, 0.25) is 0 Å². The standard InChI is InChI=1S/C23H17BrClFN2O4S/c1-3-32-22(31)18-11(2)27-23-28(19(18)12-4-6-15(26)7-5-12)21(30)17(33-23)9-13-8-14(25)10-16(24)20(13)29/h4-10,19,29H,3H2,1-2H3/b17-9-/t19-/m1/s1. The second-order valence-electron chi connectivity index (χ2n) is 7.18. The molecule has 1 atom stereocenters. The Balaban J connectivity index is 1.98. The number of aromatic nitrogens is 1. The lowest BCUT2D eigenvalue weighted by Crippen LogP contribution is -2.39. The van der Waals surface area contributed by atoms with Crippen LogP contribution in [0, 0.1) is 5.82 Å². The minimum Gasteiger partial charge on any atom is -0.506 e. The van der Waals surface area contributed by atoms with Crippen LogP contribution in [0.25, 0.3) is 6.08 Å². The van der Waals surface area contributed by atoms with Gasteiger partial charge in [-0.05, 0) is 65.7 Å². The summed E-state index contributed by atoms with van der Waals surface area (Å²) < 4.78 is 20.9. The fraction of sp³-hybridized carbons (Fsp3) is 0.174. The molecule has 0 saturated carbocycles. The number of aromatic hydroxyl groups is 1. The van der Waals surface area contributed by atoms with Crippen molar-refractivity contribution in [2.45, 2.75) is 19.9 Å². The first-order valence-corrected chi connectivity index (χ1v) is 11.8. The largest absolute Gasteiger partial charge is 0.506 e.